The van der Waals surface area contributed by atoms with E-state index in [1.807, 2.05) is 0 Å². The molecule has 0 aliphatic carbocycles. The van der Waals surface area contributed by atoms with E-state index < -0.39 is 32.5 Å². The summed E-state index contributed by atoms with van der Waals surface area (Å²) in [6.45, 7) is 5.88. The van der Waals surface area contributed by atoms with Crippen LogP contribution in [0.5, 0.6) is 0 Å². The fraction of sp³-hybridized carbons (Fsp3) is 0.943. The number of rotatable bonds is 52. The third kappa shape index (κ3) is 48.5. The first-order valence-corrected chi connectivity index (χ1v) is 29.0. The predicted octanol–water partition coefficient (Wildman–Crippen LogP) is 16.1. The molecule has 0 fully saturated rings. The number of carbonyl (C=O) groups is 3. The van der Waals surface area contributed by atoms with Gasteiger partial charge in [-0.3, -0.25) is 23.4 Å². The third-order valence-electron chi connectivity index (χ3n) is 12.3. The maximum absolute atomic E-state index is 12.8. The molecule has 2 N–H and O–H groups in total. The number of carbonyl (C=O) groups excluding carboxylic acids is 3. The first kappa shape index (κ1) is 62.5. The molecule has 0 spiro atoms. The van der Waals surface area contributed by atoms with E-state index in [4.69, 9.17) is 18.5 Å². The number of phosphoric ester groups is 1. The second kappa shape index (κ2) is 49.4. The highest BCUT2D eigenvalue weighted by Gasteiger charge is 2.26. The van der Waals surface area contributed by atoms with Crippen LogP contribution in [0.1, 0.15) is 290 Å². The number of hydrogen-bond donors (Lipinski definition) is 2. The molecule has 0 rings (SSSR count). The van der Waals surface area contributed by atoms with E-state index in [1.54, 1.807) is 0 Å². The van der Waals surface area contributed by atoms with E-state index in [0.29, 0.717) is 12.8 Å². The Bertz CT molecular complexity index is 1080. The topological polar surface area (TPSA) is 137 Å². The Hall–Kier alpha value is -1.48. The van der Waals surface area contributed by atoms with Crippen molar-refractivity contribution in [2.45, 2.75) is 297 Å². The zero-order chi connectivity index (χ0) is 46.9. The number of ether oxygens (including phenoxy) is 2. The van der Waals surface area contributed by atoms with Crippen molar-refractivity contribution in [1.29, 1.82) is 0 Å². The van der Waals surface area contributed by atoms with Gasteiger partial charge in [0.1, 0.15) is 6.61 Å². The lowest BCUT2D eigenvalue weighted by Crippen LogP contribution is -2.30. The second-order valence-corrected chi connectivity index (χ2v) is 20.2. The molecule has 2 atom stereocenters. The molecule has 0 aliphatic heterocycles. The van der Waals surface area contributed by atoms with E-state index in [1.165, 1.54) is 186 Å². The van der Waals surface area contributed by atoms with Gasteiger partial charge in [0, 0.05) is 25.8 Å². The van der Waals surface area contributed by atoms with Gasteiger partial charge >= 0.3 is 19.8 Å². The van der Waals surface area contributed by atoms with E-state index in [0.717, 1.165) is 57.8 Å². The first-order chi connectivity index (χ1) is 31.2. The number of hydrogen-bond acceptors (Lipinski definition) is 8. The third-order valence-corrected chi connectivity index (χ3v) is 13.3. The van der Waals surface area contributed by atoms with Gasteiger partial charge in [-0.1, -0.05) is 252 Å². The van der Waals surface area contributed by atoms with Crippen LogP contribution < -0.4 is 5.32 Å². The van der Waals surface area contributed by atoms with Crippen LogP contribution in [0.4, 0.5) is 0 Å². The van der Waals surface area contributed by atoms with Gasteiger partial charge in [0.25, 0.3) is 0 Å². The van der Waals surface area contributed by atoms with Gasteiger partial charge < -0.3 is 19.7 Å². The highest BCUT2D eigenvalue weighted by Crippen LogP contribution is 2.43. The Balaban J connectivity index is 4.47. The molecule has 2 unspecified atom stereocenters. The van der Waals surface area contributed by atoms with Crippen molar-refractivity contribution in [1.82, 2.24) is 5.32 Å². The van der Waals surface area contributed by atoms with Gasteiger partial charge in [-0.05, 0) is 19.3 Å². The Morgan fingerprint density at radius 1 is 0.422 bits per heavy atom. The van der Waals surface area contributed by atoms with Gasteiger partial charge in [0.15, 0.2) is 6.10 Å². The molecule has 0 aromatic carbocycles. The standard InChI is InChI=1S/C53H104NO9P/c1-4-7-10-13-16-19-22-25-28-31-34-37-40-43-51(55)54-46-47-61-64(58,59)62-49-50(63-53(57)45-42-39-36-33-30-27-24-21-18-15-12-9-6-3)48-60-52(56)44-41-38-35-32-29-26-23-20-17-14-11-8-5-2/h50H,4-49H2,1-3H3,(H,54,55)(H,58,59). The van der Waals surface area contributed by atoms with Crippen molar-refractivity contribution < 1.29 is 42.4 Å². The summed E-state index contributed by atoms with van der Waals surface area (Å²) in [4.78, 5) is 48.0. The zero-order valence-electron chi connectivity index (χ0n) is 42.3. The summed E-state index contributed by atoms with van der Waals surface area (Å²) >= 11 is 0. The number of amides is 1. The van der Waals surface area contributed by atoms with Crippen LogP contribution in [0.3, 0.4) is 0 Å². The molecule has 0 bridgehead atoms. The molecule has 0 heterocycles. The monoisotopic (exact) mass is 930 g/mol. The first-order valence-electron chi connectivity index (χ1n) is 27.5. The zero-order valence-corrected chi connectivity index (χ0v) is 43.2. The van der Waals surface area contributed by atoms with Gasteiger partial charge in [-0.25, -0.2) is 4.57 Å². The summed E-state index contributed by atoms with van der Waals surface area (Å²) in [5.74, 6) is -0.959. The Kier molecular flexibility index (Phi) is 48.3. The highest BCUT2D eigenvalue weighted by atomic mass is 31.2. The minimum Gasteiger partial charge on any atom is -0.462 e. The SMILES string of the molecule is CCCCCCCCCCCCCCCC(=O)NCCOP(=O)(O)OCC(COC(=O)CCCCCCCCCCCCCCC)OC(=O)CCCCCCCCCCCCCCC. The van der Waals surface area contributed by atoms with Crippen molar-refractivity contribution in [2.24, 2.45) is 0 Å². The van der Waals surface area contributed by atoms with Gasteiger partial charge in [0.05, 0.1) is 13.2 Å². The molecule has 0 radical (unpaired) electrons. The molecule has 380 valence electrons. The number of nitrogens with one attached hydrogen (secondary N) is 1. The summed E-state index contributed by atoms with van der Waals surface area (Å²) in [5, 5.41) is 2.74. The van der Waals surface area contributed by atoms with Crippen molar-refractivity contribution in [3.63, 3.8) is 0 Å². The molecule has 11 heteroatoms. The summed E-state index contributed by atoms with van der Waals surface area (Å²) in [6.07, 6.45) is 47.4. The van der Waals surface area contributed by atoms with Crippen molar-refractivity contribution in [2.75, 3.05) is 26.4 Å². The Labute approximate surface area is 395 Å². The summed E-state index contributed by atoms with van der Waals surface area (Å²) in [7, 11) is -4.53. The minimum atomic E-state index is -4.53. The molecular formula is C53H104NO9P. The van der Waals surface area contributed by atoms with E-state index in [2.05, 4.69) is 26.1 Å². The summed E-state index contributed by atoms with van der Waals surface area (Å²) in [6, 6.07) is 0. The average Bonchev–Trinajstić information content (AvgIpc) is 3.28. The lowest BCUT2D eigenvalue weighted by molar-refractivity contribution is -0.161. The van der Waals surface area contributed by atoms with Crippen molar-refractivity contribution >= 4 is 25.7 Å². The molecular weight excluding hydrogens is 826 g/mol. The highest BCUT2D eigenvalue weighted by molar-refractivity contribution is 7.47. The average molecular weight is 930 g/mol. The quantitative estimate of drug-likeness (QED) is 0.0347. The predicted molar refractivity (Wildman–Crippen MR) is 267 cm³/mol. The van der Waals surface area contributed by atoms with E-state index in [9.17, 15) is 23.8 Å². The maximum atomic E-state index is 12.8. The van der Waals surface area contributed by atoms with Crippen LogP contribution >= 0.6 is 7.82 Å². The molecule has 0 saturated heterocycles. The summed E-state index contributed by atoms with van der Waals surface area (Å²) < 4.78 is 34.0. The smallest absolute Gasteiger partial charge is 0.462 e. The molecule has 0 aromatic rings. The number of unbranched alkanes of at least 4 members (excludes halogenated alkanes) is 36. The molecule has 64 heavy (non-hydrogen) atoms. The van der Waals surface area contributed by atoms with Crippen molar-refractivity contribution in [3.05, 3.63) is 0 Å². The summed E-state index contributed by atoms with van der Waals surface area (Å²) in [5.41, 5.74) is 0. The number of phosphoric acid groups is 1. The molecule has 10 nitrogen and oxygen atoms in total. The van der Waals surface area contributed by atoms with Crippen LogP contribution in [0, 0.1) is 0 Å². The van der Waals surface area contributed by atoms with Crippen LogP contribution in [0.2, 0.25) is 0 Å². The fourth-order valence-corrected chi connectivity index (χ4v) is 8.90. The van der Waals surface area contributed by atoms with Gasteiger partial charge in [-0.15, -0.1) is 0 Å². The van der Waals surface area contributed by atoms with Crippen LogP contribution in [0.15, 0.2) is 0 Å². The van der Waals surface area contributed by atoms with Crippen LogP contribution in [-0.2, 0) is 37.5 Å². The largest absolute Gasteiger partial charge is 0.472 e. The van der Waals surface area contributed by atoms with Crippen molar-refractivity contribution in [3.8, 4) is 0 Å². The van der Waals surface area contributed by atoms with Crippen LogP contribution in [-0.4, -0.2) is 55.2 Å². The maximum Gasteiger partial charge on any atom is 0.472 e. The Morgan fingerprint density at radius 3 is 1.09 bits per heavy atom. The molecule has 1 amide bonds. The molecule has 0 aliphatic rings. The normalized spacial score (nSPS) is 12.9. The van der Waals surface area contributed by atoms with E-state index in [-0.39, 0.29) is 38.5 Å². The van der Waals surface area contributed by atoms with Gasteiger partial charge in [-0.2, -0.15) is 0 Å². The molecule has 0 aromatic heterocycles. The van der Waals surface area contributed by atoms with Gasteiger partial charge in [0.2, 0.25) is 5.91 Å². The second-order valence-electron chi connectivity index (χ2n) is 18.7. The van der Waals surface area contributed by atoms with Crippen LogP contribution in [0.25, 0.3) is 0 Å². The fourth-order valence-electron chi connectivity index (χ4n) is 8.15. The lowest BCUT2D eigenvalue weighted by Gasteiger charge is -2.20. The van der Waals surface area contributed by atoms with E-state index >= 15 is 0 Å². The number of esters is 2. The minimum absolute atomic E-state index is 0.0690. The lowest BCUT2D eigenvalue weighted by atomic mass is 10.0. The Morgan fingerprint density at radius 2 is 0.734 bits per heavy atom. The molecule has 0 saturated carbocycles.